The highest BCUT2D eigenvalue weighted by molar-refractivity contribution is 6.09. The molecule has 2 heterocycles. The monoisotopic (exact) mass is 280 g/mol. The summed E-state index contributed by atoms with van der Waals surface area (Å²) in [6.07, 6.45) is 2.88. The summed E-state index contributed by atoms with van der Waals surface area (Å²) in [5.41, 5.74) is 3.73. The summed E-state index contributed by atoms with van der Waals surface area (Å²) in [5, 5.41) is 0. The van der Waals surface area contributed by atoms with Crippen molar-refractivity contribution in [3.05, 3.63) is 58.7 Å². The molecule has 2 aliphatic rings. The number of hydrogen-bond acceptors (Lipinski definition) is 3. The molecule has 0 atom stereocenters. The fraction of sp³-hybridized carbons (Fsp3) is 0.278. The zero-order chi connectivity index (χ0) is 14.2. The number of aryl methyl sites for hydroxylation is 1. The lowest BCUT2D eigenvalue weighted by atomic mass is 9.97. The standard InChI is InChI=1S/C18H16O3/c19-18(15-4-6-17-13(11-15)7-9-21-17)14-3-5-16-12(10-14)2-1-8-20-16/h3-6,10-11H,1-2,7-9H2. The van der Waals surface area contributed by atoms with E-state index >= 15 is 0 Å². The molecule has 3 heteroatoms. The van der Waals surface area contributed by atoms with Crippen molar-refractivity contribution in [2.75, 3.05) is 13.2 Å². The summed E-state index contributed by atoms with van der Waals surface area (Å²) >= 11 is 0. The molecule has 106 valence electrons. The maximum Gasteiger partial charge on any atom is 0.193 e. The molecule has 4 rings (SSSR count). The largest absolute Gasteiger partial charge is 0.493 e. The van der Waals surface area contributed by atoms with Crippen molar-refractivity contribution in [2.45, 2.75) is 19.3 Å². The number of hydrogen-bond donors (Lipinski definition) is 0. The Bertz CT molecular complexity index is 718. The molecule has 0 amide bonds. The first-order valence-electron chi connectivity index (χ1n) is 7.37. The maximum atomic E-state index is 12.7. The first kappa shape index (κ1) is 12.5. The van der Waals surface area contributed by atoms with Crippen LogP contribution in [0.2, 0.25) is 0 Å². The maximum absolute atomic E-state index is 12.7. The van der Waals surface area contributed by atoms with Crippen molar-refractivity contribution in [1.82, 2.24) is 0 Å². The number of ether oxygens (including phenoxy) is 2. The van der Waals surface area contributed by atoms with Crippen LogP contribution in [-0.2, 0) is 12.8 Å². The fourth-order valence-corrected chi connectivity index (χ4v) is 3.00. The van der Waals surface area contributed by atoms with Crippen LogP contribution in [0.1, 0.15) is 33.5 Å². The van der Waals surface area contributed by atoms with Gasteiger partial charge in [-0.05, 0) is 60.4 Å². The summed E-state index contributed by atoms with van der Waals surface area (Å²) in [7, 11) is 0. The minimum atomic E-state index is 0.0677. The predicted octanol–water partition coefficient (Wildman–Crippen LogP) is 3.18. The van der Waals surface area contributed by atoms with E-state index in [-0.39, 0.29) is 5.78 Å². The molecule has 2 aromatic rings. The molecule has 2 aromatic carbocycles. The molecule has 0 fully saturated rings. The average molecular weight is 280 g/mol. The van der Waals surface area contributed by atoms with Crippen molar-refractivity contribution in [3.63, 3.8) is 0 Å². The summed E-state index contributed by atoms with van der Waals surface area (Å²) in [4.78, 5) is 12.7. The van der Waals surface area contributed by atoms with E-state index < -0.39 is 0 Å². The van der Waals surface area contributed by atoms with Gasteiger partial charge in [0.15, 0.2) is 5.78 Å². The van der Waals surface area contributed by atoms with E-state index in [1.54, 1.807) is 0 Å². The minimum absolute atomic E-state index is 0.0677. The molecule has 0 spiro atoms. The van der Waals surface area contributed by atoms with Crippen molar-refractivity contribution in [3.8, 4) is 11.5 Å². The first-order valence-corrected chi connectivity index (χ1v) is 7.37. The highest BCUT2D eigenvalue weighted by atomic mass is 16.5. The van der Waals surface area contributed by atoms with Gasteiger partial charge in [-0.2, -0.15) is 0 Å². The van der Waals surface area contributed by atoms with E-state index in [1.165, 1.54) is 0 Å². The Labute approximate surface area is 123 Å². The van der Waals surface area contributed by atoms with Gasteiger partial charge < -0.3 is 9.47 Å². The third-order valence-corrected chi connectivity index (χ3v) is 4.12. The van der Waals surface area contributed by atoms with Gasteiger partial charge in [-0.15, -0.1) is 0 Å². The molecular formula is C18H16O3. The Morgan fingerprint density at radius 2 is 1.43 bits per heavy atom. The molecule has 2 aliphatic heterocycles. The minimum Gasteiger partial charge on any atom is -0.493 e. The molecular weight excluding hydrogens is 264 g/mol. The van der Waals surface area contributed by atoms with Crippen LogP contribution >= 0.6 is 0 Å². The van der Waals surface area contributed by atoms with Crippen LogP contribution in [0.4, 0.5) is 0 Å². The van der Waals surface area contributed by atoms with E-state index in [4.69, 9.17) is 9.47 Å². The summed E-state index contributed by atoms with van der Waals surface area (Å²) < 4.78 is 11.1. The van der Waals surface area contributed by atoms with Gasteiger partial charge in [0, 0.05) is 17.5 Å². The van der Waals surface area contributed by atoms with Gasteiger partial charge in [-0.25, -0.2) is 0 Å². The lowest BCUT2D eigenvalue weighted by Crippen LogP contribution is -2.10. The van der Waals surface area contributed by atoms with Gasteiger partial charge in [0.25, 0.3) is 0 Å². The van der Waals surface area contributed by atoms with Crippen molar-refractivity contribution in [1.29, 1.82) is 0 Å². The quantitative estimate of drug-likeness (QED) is 0.793. The molecule has 0 unspecified atom stereocenters. The predicted molar refractivity (Wildman–Crippen MR) is 79.3 cm³/mol. The normalized spacial score (nSPS) is 15.6. The molecule has 0 bridgehead atoms. The Hall–Kier alpha value is -2.29. The number of fused-ring (bicyclic) bond motifs is 2. The Balaban J connectivity index is 1.68. The van der Waals surface area contributed by atoms with Gasteiger partial charge in [-0.3, -0.25) is 4.79 Å². The third kappa shape index (κ3) is 2.19. The van der Waals surface area contributed by atoms with E-state index in [9.17, 15) is 4.79 Å². The summed E-state index contributed by atoms with van der Waals surface area (Å²) in [6.45, 7) is 1.48. The zero-order valence-electron chi connectivity index (χ0n) is 11.7. The van der Waals surface area contributed by atoms with Crippen LogP contribution in [0.15, 0.2) is 36.4 Å². The molecule has 0 saturated carbocycles. The number of ketones is 1. The van der Waals surface area contributed by atoms with Crippen LogP contribution in [0.25, 0.3) is 0 Å². The zero-order valence-corrected chi connectivity index (χ0v) is 11.7. The number of rotatable bonds is 2. The van der Waals surface area contributed by atoms with Crippen LogP contribution in [-0.4, -0.2) is 19.0 Å². The van der Waals surface area contributed by atoms with Crippen molar-refractivity contribution in [2.24, 2.45) is 0 Å². The Kier molecular flexibility index (Phi) is 2.92. The SMILES string of the molecule is O=C(c1ccc2c(c1)CCCO2)c1ccc2c(c1)CCO2. The molecule has 0 aromatic heterocycles. The molecule has 0 aliphatic carbocycles. The second-order valence-electron chi connectivity index (χ2n) is 5.52. The van der Waals surface area contributed by atoms with Gasteiger partial charge >= 0.3 is 0 Å². The molecule has 0 saturated heterocycles. The second-order valence-corrected chi connectivity index (χ2v) is 5.52. The van der Waals surface area contributed by atoms with Gasteiger partial charge in [0.1, 0.15) is 11.5 Å². The van der Waals surface area contributed by atoms with E-state index in [2.05, 4.69) is 0 Å². The lowest BCUT2D eigenvalue weighted by Gasteiger charge is -2.17. The first-order chi connectivity index (χ1) is 10.3. The van der Waals surface area contributed by atoms with Crippen LogP contribution in [0.5, 0.6) is 11.5 Å². The van der Waals surface area contributed by atoms with Gasteiger partial charge in [0.05, 0.1) is 13.2 Å². The van der Waals surface area contributed by atoms with Gasteiger partial charge in [-0.1, -0.05) is 0 Å². The molecule has 21 heavy (non-hydrogen) atoms. The molecule has 0 N–H and O–H groups in total. The Morgan fingerprint density at radius 3 is 2.14 bits per heavy atom. The number of carbonyl (C=O) groups is 1. The second kappa shape index (κ2) is 4.92. The van der Waals surface area contributed by atoms with Crippen LogP contribution in [0.3, 0.4) is 0 Å². The van der Waals surface area contributed by atoms with Crippen molar-refractivity contribution < 1.29 is 14.3 Å². The van der Waals surface area contributed by atoms with E-state index in [1.807, 2.05) is 36.4 Å². The molecule has 0 radical (unpaired) electrons. The summed E-state index contributed by atoms with van der Waals surface area (Å²) in [5.74, 6) is 1.89. The van der Waals surface area contributed by atoms with Crippen LogP contribution < -0.4 is 9.47 Å². The number of carbonyl (C=O) groups excluding carboxylic acids is 1. The topological polar surface area (TPSA) is 35.5 Å². The Morgan fingerprint density at radius 1 is 0.810 bits per heavy atom. The summed E-state index contributed by atoms with van der Waals surface area (Å²) in [6, 6.07) is 11.5. The smallest absolute Gasteiger partial charge is 0.193 e. The lowest BCUT2D eigenvalue weighted by molar-refractivity contribution is 0.103. The fourth-order valence-electron chi connectivity index (χ4n) is 3.00. The highest BCUT2D eigenvalue weighted by Gasteiger charge is 2.18. The third-order valence-electron chi connectivity index (χ3n) is 4.12. The van der Waals surface area contributed by atoms with Crippen molar-refractivity contribution >= 4 is 5.78 Å². The van der Waals surface area contributed by atoms with E-state index in [0.717, 1.165) is 59.6 Å². The highest BCUT2D eigenvalue weighted by Crippen LogP contribution is 2.29. The van der Waals surface area contributed by atoms with E-state index in [0.29, 0.717) is 6.61 Å². The van der Waals surface area contributed by atoms with Crippen LogP contribution in [0, 0.1) is 0 Å². The average Bonchev–Trinajstić information content (AvgIpc) is 3.01. The van der Waals surface area contributed by atoms with Gasteiger partial charge in [0.2, 0.25) is 0 Å². The molecule has 3 nitrogen and oxygen atoms in total. The number of benzene rings is 2.